The summed E-state index contributed by atoms with van der Waals surface area (Å²) in [7, 11) is -2.02. The molecule has 1 heterocycles. The number of benzene rings is 1. The van der Waals surface area contributed by atoms with Gasteiger partial charge < -0.3 is 9.16 Å². The van der Waals surface area contributed by atoms with Gasteiger partial charge in [0.25, 0.3) is 0 Å². The van der Waals surface area contributed by atoms with Crippen LogP contribution in [-0.4, -0.2) is 31.8 Å². The molecule has 190 valence electrons. The maximum absolute atomic E-state index is 14.1. The van der Waals surface area contributed by atoms with Crippen LogP contribution in [0.5, 0.6) is 0 Å². The van der Waals surface area contributed by atoms with E-state index in [0.29, 0.717) is 19.4 Å². The smallest absolute Gasteiger partial charge is 0.416 e. The van der Waals surface area contributed by atoms with Gasteiger partial charge in [-0.25, -0.2) is 9.69 Å². The molecule has 0 N–H and O–H groups in total. The van der Waals surface area contributed by atoms with Gasteiger partial charge in [0.1, 0.15) is 6.61 Å². The van der Waals surface area contributed by atoms with Gasteiger partial charge in [0.15, 0.2) is 0 Å². The number of likely N-dealkylation sites (tertiary alicyclic amines) is 1. The predicted molar refractivity (Wildman–Crippen MR) is 142 cm³/mol. The number of imide groups is 1. The molecule has 2 atom stereocenters. The van der Waals surface area contributed by atoms with Gasteiger partial charge in [0.05, 0.1) is 17.1 Å². The second-order valence-electron chi connectivity index (χ2n) is 11.4. The van der Waals surface area contributed by atoms with Gasteiger partial charge >= 0.3 is 6.09 Å². The van der Waals surface area contributed by atoms with E-state index in [2.05, 4.69) is 52.6 Å². The quantitative estimate of drug-likeness (QED) is 0.332. The van der Waals surface area contributed by atoms with Crippen LogP contribution in [0, 0.1) is 23.2 Å². The van der Waals surface area contributed by atoms with E-state index in [0.717, 1.165) is 36.2 Å². The Bertz CT molecular complexity index is 1030. The van der Waals surface area contributed by atoms with Crippen LogP contribution in [0.4, 0.5) is 4.79 Å². The Morgan fingerprint density at radius 1 is 1.17 bits per heavy atom. The Morgan fingerprint density at radius 2 is 1.86 bits per heavy atom. The number of rotatable bonds is 4. The van der Waals surface area contributed by atoms with Crippen LogP contribution in [0.15, 0.2) is 41.7 Å². The zero-order valence-corrected chi connectivity index (χ0v) is 23.5. The minimum Gasteiger partial charge on any atom is -0.547 e. The Morgan fingerprint density at radius 3 is 2.49 bits per heavy atom. The van der Waals surface area contributed by atoms with Gasteiger partial charge in [0, 0.05) is 13.0 Å². The number of hydrogen-bond acceptors (Lipinski definition) is 4. The van der Waals surface area contributed by atoms with Crippen molar-refractivity contribution in [3.63, 3.8) is 0 Å². The van der Waals surface area contributed by atoms with Crippen LogP contribution in [0.2, 0.25) is 18.1 Å². The zero-order chi connectivity index (χ0) is 25.9. The van der Waals surface area contributed by atoms with Crippen molar-refractivity contribution in [2.45, 2.75) is 91.5 Å². The molecule has 0 bridgehead atoms. The average Bonchev–Trinajstić information content (AvgIpc) is 2.96. The molecule has 6 heteroatoms. The first-order valence-electron chi connectivity index (χ1n) is 12.8. The first-order chi connectivity index (χ1) is 16.4. The lowest BCUT2D eigenvalue weighted by atomic mass is 9.63. The Balaban J connectivity index is 1.89. The second kappa shape index (κ2) is 10.6. The normalized spacial score (nSPS) is 23.5. The van der Waals surface area contributed by atoms with E-state index < -0.39 is 19.8 Å². The van der Waals surface area contributed by atoms with Gasteiger partial charge in [-0.05, 0) is 62.4 Å². The minimum absolute atomic E-state index is 0.0821. The maximum Gasteiger partial charge on any atom is 0.416 e. The SMILES string of the molecule is CC#C[C@H]1C(C)=C(O[Si](C)(C)C(C)(C)C)CC[C@@]12CCCCN(C(=O)OCc1ccccc1)C2=O. The summed E-state index contributed by atoms with van der Waals surface area (Å²) in [5.41, 5.74) is 1.22. The van der Waals surface area contributed by atoms with Crippen molar-refractivity contribution in [3.05, 3.63) is 47.2 Å². The number of carbonyl (C=O) groups is 2. The molecule has 0 unspecified atom stereocenters. The van der Waals surface area contributed by atoms with E-state index in [1.54, 1.807) is 0 Å². The van der Waals surface area contributed by atoms with Gasteiger partial charge in [0.2, 0.25) is 14.2 Å². The average molecular weight is 496 g/mol. The van der Waals surface area contributed by atoms with E-state index in [1.807, 2.05) is 37.3 Å². The van der Waals surface area contributed by atoms with Crippen molar-refractivity contribution in [1.82, 2.24) is 4.90 Å². The molecule has 1 aromatic carbocycles. The fraction of sp³-hybridized carbons (Fsp3) is 0.586. The molecule has 1 aliphatic carbocycles. The first kappa shape index (κ1) is 27.1. The lowest BCUT2D eigenvalue weighted by Gasteiger charge is -2.45. The number of ether oxygens (including phenoxy) is 1. The predicted octanol–water partition coefficient (Wildman–Crippen LogP) is 7.05. The third-order valence-corrected chi connectivity index (χ3v) is 12.4. The number of carbonyl (C=O) groups excluding carboxylic acids is 2. The Kier molecular flexibility index (Phi) is 8.21. The summed E-state index contributed by atoms with van der Waals surface area (Å²) in [6.07, 6.45) is 3.14. The van der Waals surface area contributed by atoms with Crippen molar-refractivity contribution in [3.8, 4) is 11.8 Å². The summed E-state index contributed by atoms with van der Waals surface area (Å²) in [6.45, 7) is 15.6. The Labute approximate surface area is 212 Å². The highest BCUT2D eigenvalue weighted by atomic mass is 28.4. The molecule has 0 saturated carbocycles. The standard InChI is InChI=1S/C29H41NO4Si/c1-8-14-24-22(2)25(34-35(6,7)28(3,4)5)17-19-29(24)18-12-13-20-30(26(29)31)27(32)33-21-23-15-10-9-11-16-23/h9-11,15-16,24H,12-13,17-21H2,1-7H3/t24-,29-/m0/s1. The fourth-order valence-electron chi connectivity index (χ4n) is 4.90. The summed E-state index contributed by atoms with van der Waals surface area (Å²) >= 11 is 0. The van der Waals surface area contributed by atoms with Gasteiger partial charge in [-0.15, -0.1) is 5.92 Å². The van der Waals surface area contributed by atoms with Gasteiger partial charge in [-0.3, -0.25) is 4.79 Å². The number of hydrogen-bond donors (Lipinski definition) is 0. The lowest BCUT2D eigenvalue weighted by Crippen LogP contribution is -2.51. The second-order valence-corrected chi connectivity index (χ2v) is 16.1. The van der Waals surface area contributed by atoms with E-state index in [1.165, 1.54) is 4.90 Å². The molecule has 1 saturated heterocycles. The van der Waals surface area contributed by atoms with Crippen LogP contribution >= 0.6 is 0 Å². The van der Waals surface area contributed by atoms with Crippen molar-refractivity contribution in [2.24, 2.45) is 11.3 Å². The highest BCUT2D eigenvalue weighted by Gasteiger charge is 2.53. The molecule has 0 aromatic heterocycles. The van der Waals surface area contributed by atoms with E-state index >= 15 is 0 Å². The molecule has 1 fully saturated rings. The zero-order valence-electron chi connectivity index (χ0n) is 22.5. The van der Waals surface area contributed by atoms with Crippen molar-refractivity contribution in [2.75, 3.05) is 6.54 Å². The molecule has 3 rings (SSSR count). The molecular formula is C29H41NO4Si. The molecular weight excluding hydrogens is 454 g/mol. The number of allylic oxidation sites excluding steroid dienone is 2. The van der Waals surface area contributed by atoms with E-state index in [-0.39, 0.29) is 23.5 Å². The summed E-state index contributed by atoms with van der Waals surface area (Å²) in [4.78, 5) is 28.5. The van der Waals surface area contributed by atoms with Crippen LogP contribution in [0.1, 0.15) is 72.3 Å². The van der Waals surface area contributed by atoms with E-state index in [4.69, 9.17) is 9.16 Å². The largest absolute Gasteiger partial charge is 0.547 e. The summed E-state index contributed by atoms with van der Waals surface area (Å²) < 4.78 is 12.3. The summed E-state index contributed by atoms with van der Waals surface area (Å²) in [5.74, 6) is 7.00. The number of nitrogens with zero attached hydrogens (tertiary/aromatic N) is 1. The molecule has 1 aliphatic heterocycles. The molecule has 2 aliphatic rings. The van der Waals surface area contributed by atoms with Gasteiger partial charge in [-0.2, -0.15) is 0 Å². The van der Waals surface area contributed by atoms with Crippen molar-refractivity contribution in [1.29, 1.82) is 0 Å². The monoisotopic (exact) mass is 495 g/mol. The van der Waals surface area contributed by atoms with Crippen molar-refractivity contribution >= 4 is 20.3 Å². The molecule has 2 amide bonds. The maximum atomic E-state index is 14.1. The Hall–Kier alpha value is -2.52. The topological polar surface area (TPSA) is 55.8 Å². The summed E-state index contributed by atoms with van der Waals surface area (Å²) in [6, 6.07) is 9.55. The molecule has 35 heavy (non-hydrogen) atoms. The fourth-order valence-corrected chi connectivity index (χ4v) is 6.08. The molecule has 1 aromatic rings. The van der Waals surface area contributed by atoms with Crippen molar-refractivity contribution < 1.29 is 18.8 Å². The number of amides is 2. The first-order valence-corrected chi connectivity index (χ1v) is 15.7. The molecule has 0 radical (unpaired) electrons. The van der Waals surface area contributed by atoms with Crippen LogP contribution in [0.25, 0.3) is 0 Å². The minimum atomic E-state index is -2.02. The van der Waals surface area contributed by atoms with Crippen LogP contribution in [0.3, 0.4) is 0 Å². The lowest BCUT2D eigenvalue weighted by molar-refractivity contribution is -0.142. The van der Waals surface area contributed by atoms with Crippen LogP contribution < -0.4 is 0 Å². The van der Waals surface area contributed by atoms with E-state index in [9.17, 15) is 9.59 Å². The van der Waals surface area contributed by atoms with Gasteiger partial charge in [-0.1, -0.05) is 63.4 Å². The third kappa shape index (κ3) is 5.67. The third-order valence-electron chi connectivity index (χ3n) is 8.05. The molecule has 5 nitrogen and oxygen atoms in total. The van der Waals surface area contributed by atoms with Crippen LogP contribution in [-0.2, 0) is 20.6 Å². The molecule has 1 spiro atoms. The summed E-state index contributed by atoms with van der Waals surface area (Å²) in [5, 5.41) is 0.0821. The highest BCUT2D eigenvalue weighted by molar-refractivity contribution is 6.74. The highest BCUT2D eigenvalue weighted by Crippen LogP contribution is 2.51.